The Kier molecular flexibility index (Phi) is 5.83. The molecule has 0 spiro atoms. The molecule has 4 heteroatoms. The Morgan fingerprint density at radius 1 is 1.47 bits per heavy atom. The smallest absolute Gasteiger partial charge is 0.146 e. The van der Waals surface area contributed by atoms with Crippen LogP contribution in [-0.4, -0.2) is 56.1 Å². The van der Waals surface area contributed by atoms with Crippen LogP contribution in [0.2, 0.25) is 0 Å². The Bertz CT molecular complexity index is 191. The molecule has 1 N–H and O–H groups in total. The minimum atomic E-state index is -0.00492. The zero-order valence-electron chi connectivity index (χ0n) is 9.79. The highest BCUT2D eigenvalue weighted by Crippen LogP contribution is 1.97. The van der Waals surface area contributed by atoms with Crippen LogP contribution >= 0.6 is 0 Å². The number of ether oxygens (including phenoxy) is 1. The molecule has 0 aromatic rings. The van der Waals surface area contributed by atoms with Crippen molar-refractivity contribution >= 4 is 5.78 Å². The molecule has 1 heterocycles. The molecule has 0 aromatic carbocycles. The van der Waals surface area contributed by atoms with Gasteiger partial charge in [-0.2, -0.15) is 0 Å². The fourth-order valence-corrected chi connectivity index (χ4v) is 1.59. The summed E-state index contributed by atoms with van der Waals surface area (Å²) in [4.78, 5) is 13.4. The maximum Gasteiger partial charge on any atom is 0.146 e. The van der Waals surface area contributed by atoms with Crippen LogP contribution in [0.5, 0.6) is 0 Å². The molecular weight excluding hydrogens is 192 g/mol. The standard InChI is InChI=1S/C11H22N2O2/c1-10(11(2)14)12-4-3-5-13-6-8-15-9-7-13/h10,12H,3-9H2,1-2H3. The van der Waals surface area contributed by atoms with Crippen LogP contribution in [-0.2, 0) is 9.53 Å². The first-order valence-electron chi connectivity index (χ1n) is 5.74. The van der Waals surface area contributed by atoms with Crippen molar-refractivity contribution < 1.29 is 9.53 Å². The normalized spacial score (nSPS) is 20.1. The Morgan fingerprint density at radius 2 is 2.13 bits per heavy atom. The fraction of sp³-hybridized carbons (Fsp3) is 0.909. The molecule has 0 saturated carbocycles. The van der Waals surface area contributed by atoms with Gasteiger partial charge in [0.25, 0.3) is 0 Å². The number of nitrogens with zero attached hydrogens (tertiary/aromatic N) is 1. The highest BCUT2D eigenvalue weighted by molar-refractivity contribution is 5.80. The largest absolute Gasteiger partial charge is 0.379 e. The van der Waals surface area contributed by atoms with Gasteiger partial charge in [0.05, 0.1) is 19.3 Å². The first-order chi connectivity index (χ1) is 7.20. The van der Waals surface area contributed by atoms with Crippen molar-refractivity contribution in [1.82, 2.24) is 10.2 Å². The lowest BCUT2D eigenvalue weighted by Crippen LogP contribution is -2.39. The summed E-state index contributed by atoms with van der Waals surface area (Å²) in [6.45, 7) is 9.36. The molecule has 15 heavy (non-hydrogen) atoms. The Labute approximate surface area is 92.0 Å². The average molecular weight is 214 g/mol. The predicted molar refractivity (Wildman–Crippen MR) is 60.0 cm³/mol. The van der Waals surface area contributed by atoms with Gasteiger partial charge in [-0.25, -0.2) is 0 Å². The van der Waals surface area contributed by atoms with Gasteiger partial charge in [-0.15, -0.1) is 0 Å². The molecule has 0 amide bonds. The summed E-state index contributed by atoms with van der Waals surface area (Å²) in [5, 5.41) is 3.21. The molecule has 0 aromatic heterocycles. The Balaban J connectivity index is 1.98. The van der Waals surface area contributed by atoms with Crippen molar-refractivity contribution in [3.63, 3.8) is 0 Å². The van der Waals surface area contributed by atoms with E-state index in [-0.39, 0.29) is 11.8 Å². The van der Waals surface area contributed by atoms with Gasteiger partial charge in [0.15, 0.2) is 0 Å². The van der Waals surface area contributed by atoms with Gasteiger partial charge in [0.2, 0.25) is 0 Å². The third-order valence-electron chi connectivity index (χ3n) is 2.82. The minimum absolute atomic E-state index is 0.00492. The SMILES string of the molecule is CC(=O)C(C)NCCCN1CCOCC1. The van der Waals surface area contributed by atoms with E-state index in [1.54, 1.807) is 6.92 Å². The number of ketones is 1. The minimum Gasteiger partial charge on any atom is -0.379 e. The lowest BCUT2D eigenvalue weighted by atomic mass is 10.2. The summed E-state index contributed by atoms with van der Waals surface area (Å²) in [5.74, 6) is 0.210. The topological polar surface area (TPSA) is 41.6 Å². The number of hydrogen-bond donors (Lipinski definition) is 1. The van der Waals surface area contributed by atoms with Crippen molar-refractivity contribution in [1.29, 1.82) is 0 Å². The Hall–Kier alpha value is -0.450. The van der Waals surface area contributed by atoms with Gasteiger partial charge in [0, 0.05) is 13.1 Å². The maximum atomic E-state index is 11.0. The van der Waals surface area contributed by atoms with E-state index in [4.69, 9.17) is 4.74 Å². The van der Waals surface area contributed by atoms with Crippen LogP contribution in [0.1, 0.15) is 20.3 Å². The number of carbonyl (C=O) groups is 1. The maximum absolute atomic E-state index is 11.0. The number of carbonyl (C=O) groups excluding carboxylic acids is 1. The van der Waals surface area contributed by atoms with Crippen LogP contribution < -0.4 is 5.32 Å². The van der Waals surface area contributed by atoms with Gasteiger partial charge < -0.3 is 10.1 Å². The van der Waals surface area contributed by atoms with E-state index in [9.17, 15) is 4.79 Å². The lowest BCUT2D eigenvalue weighted by molar-refractivity contribution is -0.118. The zero-order valence-corrected chi connectivity index (χ0v) is 9.79. The molecule has 1 rings (SSSR count). The van der Waals surface area contributed by atoms with Gasteiger partial charge >= 0.3 is 0 Å². The highest BCUT2D eigenvalue weighted by atomic mass is 16.5. The van der Waals surface area contributed by atoms with Crippen molar-refractivity contribution in [2.24, 2.45) is 0 Å². The van der Waals surface area contributed by atoms with Crippen LogP contribution in [0, 0.1) is 0 Å². The fourth-order valence-electron chi connectivity index (χ4n) is 1.59. The summed E-state index contributed by atoms with van der Waals surface area (Å²) < 4.78 is 5.27. The van der Waals surface area contributed by atoms with Crippen molar-refractivity contribution in [2.45, 2.75) is 26.3 Å². The number of morpholine rings is 1. The van der Waals surface area contributed by atoms with E-state index in [2.05, 4.69) is 10.2 Å². The number of hydrogen-bond acceptors (Lipinski definition) is 4. The first-order valence-corrected chi connectivity index (χ1v) is 5.74. The van der Waals surface area contributed by atoms with E-state index in [1.165, 1.54) is 0 Å². The number of rotatable bonds is 6. The quantitative estimate of drug-likeness (QED) is 0.645. The third kappa shape index (κ3) is 5.25. The lowest BCUT2D eigenvalue weighted by Gasteiger charge is -2.26. The molecule has 1 unspecified atom stereocenters. The molecule has 0 bridgehead atoms. The summed E-state index contributed by atoms with van der Waals surface area (Å²) in [6, 6.07) is -0.00492. The second kappa shape index (κ2) is 6.93. The molecular formula is C11H22N2O2. The van der Waals surface area contributed by atoms with Crippen molar-refractivity contribution in [3.8, 4) is 0 Å². The van der Waals surface area contributed by atoms with Crippen LogP contribution in [0.15, 0.2) is 0 Å². The first kappa shape index (κ1) is 12.6. The Morgan fingerprint density at radius 3 is 2.73 bits per heavy atom. The molecule has 4 nitrogen and oxygen atoms in total. The molecule has 88 valence electrons. The van der Waals surface area contributed by atoms with Crippen LogP contribution in [0.4, 0.5) is 0 Å². The molecule has 1 fully saturated rings. The zero-order chi connectivity index (χ0) is 11.1. The van der Waals surface area contributed by atoms with E-state index < -0.39 is 0 Å². The summed E-state index contributed by atoms with van der Waals surface area (Å²) in [6.07, 6.45) is 1.09. The predicted octanol–water partition coefficient (Wildman–Crippen LogP) is 0.276. The summed E-state index contributed by atoms with van der Waals surface area (Å²) >= 11 is 0. The number of nitrogens with one attached hydrogen (secondary N) is 1. The van der Waals surface area contributed by atoms with E-state index >= 15 is 0 Å². The summed E-state index contributed by atoms with van der Waals surface area (Å²) in [5.41, 5.74) is 0. The molecule has 0 aliphatic carbocycles. The molecule has 0 radical (unpaired) electrons. The van der Waals surface area contributed by atoms with Gasteiger partial charge in [0.1, 0.15) is 5.78 Å². The highest BCUT2D eigenvalue weighted by Gasteiger charge is 2.10. The molecule has 1 aliphatic heterocycles. The van der Waals surface area contributed by atoms with Gasteiger partial charge in [-0.3, -0.25) is 9.69 Å². The van der Waals surface area contributed by atoms with Crippen LogP contribution in [0.25, 0.3) is 0 Å². The molecule has 1 aliphatic rings. The average Bonchev–Trinajstić information content (AvgIpc) is 2.25. The van der Waals surface area contributed by atoms with Crippen LogP contribution in [0.3, 0.4) is 0 Å². The molecule has 1 saturated heterocycles. The second-order valence-corrected chi connectivity index (χ2v) is 4.09. The van der Waals surface area contributed by atoms with Gasteiger partial charge in [-0.1, -0.05) is 0 Å². The van der Waals surface area contributed by atoms with E-state index in [1.807, 2.05) is 6.92 Å². The van der Waals surface area contributed by atoms with Crippen molar-refractivity contribution in [3.05, 3.63) is 0 Å². The second-order valence-electron chi connectivity index (χ2n) is 4.09. The van der Waals surface area contributed by atoms with E-state index in [0.29, 0.717) is 0 Å². The molecule has 1 atom stereocenters. The van der Waals surface area contributed by atoms with Gasteiger partial charge in [-0.05, 0) is 33.4 Å². The number of Topliss-reactive ketones (excluding diaryl/α,β-unsaturated/α-hetero) is 1. The monoisotopic (exact) mass is 214 g/mol. The third-order valence-corrected chi connectivity index (χ3v) is 2.82. The van der Waals surface area contributed by atoms with E-state index in [0.717, 1.165) is 45.8 Å². The van der Waals surface area contributed by atoms with Crippen molar-refractivity contribution in [2.75, 3.05) is 39.4 Å². The summed E-state index contributed by atoms with van der Waals surface area (Å²) in [7, 11) is 0.